The highest BCUT2D eigenvalue weighted by atomic mass is 16.2. The molecule has 98 valence electrons. The average Bonchev–Trinajstić information content (AvgIpc) is 2.71. The molecule has 1 fully saturated rings. The van der Waals surface area contributed by atoms with Crippen LogP contribution in [0.4, 0.5) is 0 Å². The minimum Gasteiger partial charge on any atom is -0.337 e. The van der Waals surface area contributed by atoms with Crippen LogP contribution in [0.25, 0.3) is 0 Å². The van der Waals surface area contributed by atoms with Crippen LogP contribution in [0, 0.1) is 5.92 Å². The Morgan fingerprint density at radius 3 is 2.39 bits per heavy atom. The third-order valence-corrected chi connectivity index (χ3v) is 3.66. The molecule has 1 saturated heterocycles. The molecule has 0 bridgehead atoms. The molecule has 2 N–H and O–H groups in total. The van der Waals surface area contributed by atoms with Gasteiger partial charge >= 0.3 is 0 Å². The first-order valence-corrected chi connectivity index (χ1v) is 6.50. The van der Waals surface area contributed by atoms with Crippen molar-refractivity contribution in [2.24, 2.45) is 11.7 Å². The van der Waals surface area contributed by atoms with E-state index in [4.69, 9.17) is 5.73 Å². The first-order valence-electron chi connectivity index (χ1n) is 6.50. The van der Waals surface area contributed by atoms with E-state index in [-0.39, 0.29) is 23.4 Å². The van der Waals surface area contributed by atoms with E-state index >= 15 is 0 Å². The molecule has 0 aromatic heterocycles. The van der Waals surface area contributed by atoms with Gasteiger partial charge in [0.2, 0.25) is 5.91 Å². The molecule has 1 aliphatic rings. The minimum atomic E-state index is -0.109. The molecular weight excluding hydrogens is 224 g/mol. The van der Waals surface area contributed by atoms with Crippen molar-refractivity contribution in [1.29, 1.82) is 0 Å². The second kappa shape index (κ2) is 4.73. The molecule has 1 aromatic carbocycles. The fourth-order valence-corrected chi connectivity index (χ4v) is 2.57. The number of amides is 1. The Hall–Kier alpha value is -1.35. The summed E-state index contributed by atoms with van der Waals surface area (Å²) in [7, 11) is 0. The molecule has 3 heteroatoms. The second-order valence-electron chi connectivity index (χ2n) is 6.08. The lowest BCUT2D eigenvalue weighted by Crippen LogP contribution is -2.42. The van der Waals surface area contributed by atoms with Crippen molar-refractivity contribution in [1.82, 2.24) is 4.90 Å². The fraction of sp³-hybridized carbons (Fsp3) is 0.533. The van der Waals surface area contributed by atoms with E-state index in [1.165, 1.54) is 0 Å². The van der Waals surface area contributed by atoms with E-state index in [2.05, 4.69) is 20.8 Å². The maximum atomic E-state index is 12.0. The molecule has 1 amide bonds. The summed E-state index contributed by atoms with van der Waals surface area (Å²) < 4.78 is 0. The Bertz CT molecular complexity index is 422. The number of hydrogen-bond donors (Lipinski definition) is 1. The van der Waals surface area contributed by atoms with Gasteiger partial charge < -0.3 is 10.6 Å². The number of benzene rings is 1. The number of hydrogen-bond acceptors (Lipinski definition) is 2. The van der Waals surface area contributed by atoms with E-state index in [0.29, 0.717) is 6.42 Å². The summed E-state index contributed by atoms with van der Waals surface area (Å²) in [5.41, 5.74) is 7.30. The Balaban J connectivity index is 2.11. The average molecular weight is 246 g/mol. The number of likely N-dealkylation sites (tertiary alicyclic amines) is 1. The molecule has 1 aromatic rings. The fourth-order valence-electron chi connectivity index (χ4n) is 2.57. The van der Waals surface area contributed by atoms with E-state index in [1.807, 2.05) is 35.2 Å². The quantitative estimate of drug-likeness (QED) is 0.870. The van der Waals surface area contributed by atoms with Crippen molar-refractivity contribution in [2.45, 2.75) is 38.8 Å². The SMILES string of the molecule is CC(C)(C)N1CC(C(N)c2ccccc2)CC1=O. The highest BCUT2D eigenvalue weighted by Crippen LogP contribution is 2.32. The lowest BCUT2D eigenvalue weighted by molar-refractivity contribution is -0.131. The predicted molar refractivity (Wildman–Crippen MR) is 72.9 cm³/mol. The molecule has 0 radical (unpaired) electrons. The summed E-state index contributed by atoms with van der Waals surface area (Å²) in [5, 5.41) is 0. The van der Waals surface area contributed by atoms with Crippen molar-refractivity contribution in [3.8, 4) is 0 Å². The summed E-state index contributed by atoms with van der Waals surface area (Å²) >= 11 is 0. The Kier molecular flexibility index (Phi) is 3.44. The Morgan fingerprint density at radius 1 is 1.28 bits per heavy atom. The molecule has 2 unspecified atom stereocenters. The van der Waals surface area contributed by atoms with Gasteiger partial charge in [-0.1, -0.05) is 30.3 Å². The summed E-state index contributed by atoms with van der Waals surface area (Å²) in [5.74, 6) is 0.443. The second-order valence-corrected chi connectivity index (χ2v) is 6.08. The van der Waals surface area contributed by atoms with Crippen LogP contribution in [0.2, 0.25) is 0 Å². The molecule has 0 saturated carbocycles. The van der Waals surface area contributed by atoms with Crippen LogP contribution >= 0.6 is 0 Å². The molecule has 2 atom stereocenters. The zero-order valence-corrected chi connectivity index (χ0v) is 11.4. The van der Waals surface area contributed by atoms with Crippen LogP contribution in [-0.2, 0) is 4.79 Å². The number of carbonyl (C=O) groups is 1. The summed E-state index contributed by atoms with van der Waals surface area (Å²) in [6, 6.07) is 9.99. The third-order valence-electron chi connectivity index (χ3n) is 3.66. The van der Waals surface area contributed by atoms with Gasteiger partial charge in [-0.3, -0.25) is 4.79 Å². The number of rotatable bonds is 2. The Morgan fingerprint density at radius 2 is 1.89 bits per heavy atom. The smallest absolute Gasteiger partial charge is 0.223 e. The van der Waals surface area contributed by atoms with Gasteiger partial charge in [0.15, 0.2) is 0 Å². The monoisotopic (exact) mass is 246 g/mol. The van der Waals surface area contributed by atoms with E-state index in [9.17, 15) is 4.79 Å². The van der Waals surface area contributed by atoms with E-state index in [1.54, 1.807) is 0 Å². The van der Waals surface area contributed by atoms with Gasteiger partial charge in [0.25, 0.3) is 0 Å². The van der Waals surface area contributed by atoms with Gasteiger partial charge in [-0.05, 0) is 26.3 Å². The van der Waals surface area contributed by atoms with Crippen LogP contribution in [0.15, 0.2) is 30.3 Å². The van der Waals surface area contributed by atoms with Gasteiger partial charge in [-0.2, -0.15) is 0 Å². The third kappa shape index (κ3) is 2.56. The highest BCUT2D eigenvalue weighted by molar-refractivity contribution is 5.79. The molecule has 1 heterocycles. The molecule has 3 nitrogen and oxygen atoms in total. The maximum absolute atomic E-state index is 12.0. The van der Waals surface area contributed by atoms with Gasteiger partial charge in [-0.15, -0.1) is 0 Å². The first-order chi connectivity index (χ1) is 8.39. The molecule has 0 spiro atoms. The van der Waals surface area contributed by atoms with Crippen molar-refractivity contribution in [3.63, 3.8) is 0 Å². The summed E-state index contributed by atoms with van der Waals surface area (Å²) in [6.07, 6.45) is 0.563. The molecule has 1 aliphatic heterocycles. The zero-order chi connectivity index (χ0) is 13.3. The van der Waals surface area contributed by atoms with Gasteiger partial charge in [0.05, 0.1) is 0 Å². The van der Waals surface area contributed by atoms with Crippen LogP contribution in [0.5, 0.6) is 0 Å². The highest BCUT2D eigenvalue weighted by Gasteiger charge is 2.38. The topological polar surface area (TPSA) is 46.3 Å². The molecular formula is C15H22N2O. The lowest BCUT2D eigenvalue weighted by atomic mass is 9.93. The molecule has 18 heavy (non-hydrogen) atoms. The van der Waals surface area contributed by atoms with Crippen LogP contribution < -0.4 is 5.73 Å². The predicted octanol–water partition coefficient (Wildman–Crippen LogP) is 2.33. The zero-order valence-electron chi connectivity index (χ0n) is 11.4. The van der Waals surface area contributed by atoms with Gasteiger partial charge in [0, 0.05) is 30.5 Å². The Labute approximate surface area is 109 Å². The number of carbonyl (C=O) groups excluding carboxylic acids is 1. The van der Waals surface area contributed by atoms with Crippen molar-refractivity contribution < 1.29 is 4.79 Å². The minimum absolute atomic E-state index is 0.0532. The summed E-state index contributed by atoms with van der Waals surface area (Å²) in [6.45, 7) is 6.97. The molecule has 2 rings (SSSR count). The summed E-state index contributed by atoms with van der Waals surface area (Å²) in [4.78, 5) is 14.0. The van der Waals surface area contributed by atoms with Crippen molar-refractivity contribution in [2.75, 3.05) is 6.54 Å². The van der Waals surface area contributed by atoms with E-state index < -0.39 is 0 Å². The standard InChI is InChI=1S/C15H22N2O/c1-15(2,3)17-10-12(9-13(17)18)14(16)11-7-5-4-6-8-11/h4-8,12,14H,9-10,16H2,1-3H3. The van der Waals surface area contributed by atoms with Crippen molar-refractivity contribution >= 4 is 5.91 Å². The van der Waals surface area contributed by atoms with Gasteiger partial charge in [-0.25, -0.2) is 0 Å². The maximum Gasteiger partial charge on any atom is 0.223 e. The van der Waals surface area contributed by atoms with Crippen LogP contribution in [0.1, 0.15) is 38.8 Å². The molecule has 0 aliphatic carbocycles. The number of nitrogens with zero attached hydrogens (tertiary/aromatic N) is 1. The lowest BCUT2D eigenvalue weighted by Gasteiger charge is -2.32. The first kappa shape index (κ1) is 13.1. The van der Waals surface area contributed by atoms with Crippen LogP contribution in [-0.4, -0.2) is 22.9 Å². The number of nitrogens with two attached hydrogens (primary N) is 1. The normalized spacial score (nSPS) is 22.3. The van der Waals surface area contributed by atoms with E-state index in [0.717, 1.165) is 12.1 Å². The largest absolute Gasteiger partial charge is 0.337 e. The van der Waals surface area contributed by atoms with Crippen molar-refractivity contribution in [3.05, 3.63) is 35.9 Å². The van der Waals surface area contributed by atoms with Crippen LogP contribution in [0.3, 0.4) is 0 Å². The van der Waals surface area contributed by atoms with Gasteiger partial charge in [0.1, 0.15) is 0 Å².